The Hall–Kier alpha value is -1.19. The highest BCUT2D eigenvalue weighted by molar-refractivity contribution is 5.54. The minimum Gasteiger partial charge on any atom is -0.473 e. The summed E-state index contributed by atoms with van der Waals surface area (Å²) in [7, 11) is 1.91. The van der Waals surface area contributed by atoms with Gasteiger partial charge in [-0.2, -0.15) is 5.10 Å². The van der Waals surface area contributed by atoms with Crippen molar-refractivity contribution in [2.24, 2.45) is 13.0 Å². The molecule has 4 nitrogen and oxygen atoms in total. The topological polar surface area (TPSA) is 53.1 Å². The Balaban J connectivity index is 2.18. The maximum atomic E-state index is 6.16. The van der Waals surface area contributed by atoms with Crippen LogP contribution in [-0.2, 0) is 7.05 Å². The van der Waals surface area contributed by atoms with Crippen LogP contribution in [0.15, 0.2) is 0 Å². The second-order valence-electron chi connectivity index (χ2n) is 5.80. The van der Waals surface area contributed by atoms with Gasteiger partial charge in [0.15, 0.2) is 0 Å². The standard InChI is InChI=1S/C14H25N3O/c1-9(2)13-12(15)14(17(4)16-13)18-11-8-6-5-7-10(11)3/h9-11H,5-8,15H2,1-4H3. The zero-order valence-electron chi connectivity index (χ0n) is 11.9. The molecule has 4 heteroatoms. The number of nitrogens with zero attached hydrogens (tertiary/aromatic N) is 2. The number of hydrogen-bond acceptors (Lipinski definition) is 3. The molecule has 0 bridgehead atoms. The highest BCUT2D eigenvalue weighted by Crippen LogP contribution is 2.34. The summed E-state index contributed by atoms with van der Waals surface area (Å²) in [6.45, 7) is 6.47. The zero-order valence-corrected chi connectivity index (χ0v) is 11.9. The van der Waals surface area contributed by atoms with Crippen molar-refractivity contribution in [1.82, 2.24) is 9.78 Å². The smallest absolute Gasteiger partial charge is 0.236 e. The summed E-state index contributed by atoms with van der Waals surface area (Å²) in [5.41, 5.74) is 7.81. The van der Waals surface area contributed by atoms with E-state index >= 15 is 0 Å². The van der Waals surface area contributed by atoms with Crippen LogP contribution in [0.1, 0.15) is 58.1 Å². The fraction of sp³-hybridized carbons (Fsp3) is 0.786. The maximum Gasteiger partial charge on any atom is 0.236 e. The molecule has 1 aromatic rings. The van der Waals surface area contributed by atoms with E-state index in [2.05, 4.69) is 25.9 Å². The van der Waals surface area contributed by atoms with Crippen LogP contribution < -0.4 is 10.5 Å². The molecule has 2 unspecified atom stereocenters. The Kier molecular flexibility index (Phi) is 3.83. The molecule has 2 rings (SSSR count). The lowest BCUT2D eigenvalue weighted by Crippen LogP contribution is -2.29. The molecule has 1 aromatic heterocycles. The maximum absolute atomic E-state index is 6.16. The van der Waals surface area contributed by atoms with E-state index in [0.29, 0.717) is 17.5 Å². The third-order valence-electron chi connectivity index (χ3n) is 3.90. The van der Waals surface area contributed by atoms with Crippen LogP contribution in [0.25, 0.3) is 0 Å². The molecule has 0 aliphatic heterocycles. The summed E-state index contributed by atoms with van der Waals surface area (Å²) in [6.07, 6.45) is 5.24. The van der Waals surface area contributed by atoms with Gasteiger partial charge >= 0.3 is 0 Å². The predicted molar refractivity (Wildman–Crippen MR) is 73.8 cm³/mol. The van der Waals surface area contributed by atoms with Crippen molar-refractivity contribution in [2.75, 3.05) is 5.73 Å². The molecule has 0 radical (unpaired) electrons. The molecule has 0 spiro atoms. The number of hydrogen-bond donors (Lipinski definition) is 1. The van der Waals surface area contributed by atoms with Crippen molar-refractivity contribution in [3.8, 4) is 5.88 Å². The fourth-order valence-corrected chi connectivity index (χ4v) is 2.71. The predicted octanol–water partition coefficient (Wildman–Crippen LogP) is 3.08. The largest absolute Gasteiger partial charge is 0.473 e. The Morgan fingerprint density at radius 2 is 2.00 bits per heavy atom. The normalized spacial score (nSPS) is 24.5. The number of aromatic nitrogens is 2. The molecule has 1 aliphatic rings. The lowest BCUT2D eigenvalue weighted by Gasteiger charge is -2.29. The molecule has 0 aromatic carbocycles. The van der Waals surface area contributed by atoms with Crippen molar-refractivity contribution < 1.29 is 4.74 Å². The average molecular weight is 251 g/mol. The van der Waals surface area contributed by atoms with Crippen molar-refractivity contribution in [3.63, 3.8) is 0 Å². The molecule has 1 saturated carbocycles. The molecule has 18 heavy (non-hydrogen) atoms. The summed E-state index contributed by atoms with van der Waals surface area (Å²) in [4.78, 5) is 0. The monoisotopic (exact) mass is 251 g/mol. The van der Waals surface area contributed by atoms with E-state index in [1.54, 1.807) is 4.68 Å². The second kappa shape index (κ2) is 5.21. The summed E-state index contributed by atoms with van der Waals surface area (Å²) < 4.78 is 7.92. The van der Waals surface area contributed by atoms with Gasteiger partial charge in [0.05, 0.1) is 5.69 Å². The van der Waals surface area contributed by atoms with Crippen LogP contribution in [0.5, 0.6) is 5.88 Å². The first-order valence-corrected chi connectivity index (χ1v) is 6.99. The van der Waals surface area contributed by atoms with Crippen molar-refractivity contribution in [3.05, 3.63) is 5.69 Å². The number of ether oxygens (including phenoxy) is 1. The van der Waals surface area contributed by atoms with E-state index in [1.807, 2.05) is 7.05 Å². The molecular formula is C14H25N3O. The number of anilines is 1. The van der Waals surface area contributed by atoms with Gasteiger partial charge in [0.25, 0.3) is 0 Å². The lowest BCUT2D eigenvalue weighted by atomic mass is 9.88. The molecule has 0 amide bonds. The quantitative estimate of drug-likeness (QED) is 0.898. The van der Waals surface area contributed by atoms with E-state index in [9.17, 15) is 0 Å². The van der Waals surface area contributed by atoms with Crippen LogP contribution in [0.3, 0.4) is 0 Å². The Bertz CT molecular complexity index is 411. The van der Waals surface area contributed by atoms with Gasteiger partial charge in [-0.25, -0.2) is 4.68 Å². The van der Waals surface area contributed by atoms with E-state index < -0.39 is 0 Å². The van der Waals surface area contributed by atoms with Gasteiger partial charge in [-0.1, -0.05) is 27.2 Å². The van der Waals surface area contributed by atoms with Gasteiger partial charge in [-0.15, -0.1) is 0 Å². The number of rotatable bonds is 3. The van der Waals surface area contributed by atoms with Crippen LogP contribution >= 0.6 is 0 Å². The summed E-state index contributed by atoms with van der Waals surface area (Å²) in [5.74, 6) is 1.69. The number of nitrogen functional groups attached to an aromatic ring is 1. The highest BCUT2D eigenvalue weighted by Gasteiger charge is 2.26. The second-order valence-corrected chi connectivity index (χ2v) is 5.80. The van der Waals surface area contributed by atoms with E-state index in [4.69, 9.17) is 10.5 Å². The lowest BCUT2D eigenvalue weighted by molar-refractivity contribution is 0.0937. The van der Waals surface area contributed by atoms with Crippen molar-refractivity contribution >= 4 is 5.69 Å². The number of aryl methyl sites for hydroxylation is 1. The van der Waals surface area contributed by atoms with Gasteiger partial charge < -0.3 is 10.5 Å². The van der Waals surface area contributed by atoms with Crippen molar-refractivity contribution in [1.29, 1.82) is 0 Å². The van der Waals surface area contributed by atoms with Crippen molar-refractivity contribution in [2.45, 2.75) is 58.5 Å². The van der Waals surface area contributed by atoms with E-state index in [-0.39, 0.29) is 6.10 Å². The van der Waals surface area contributed by atoms with Crippen LogP contribution in [-0.4, -0.2) is 15.9 Å². The first kappa shape index (κ1) is 13.2. The summed E-state index contributed by atoms with van der Waals surface area (Å²) >= 11 is 0. The van der Waals surface area contributed by atoms with Gasteiger partial charge in [0.2, 0.25) is 5.88 Å². The molecule has 1 fully saturated rings. The Morgan fingerprint density at radius 1 is 1.33 bits per heavy atom. The SMILES string of the molecule is CC(C)c1nn(C)c(OC2CCCCC2C)c1N. The summed E-state index contributed by atoms with van der Waals surface area (Å²) in [6, 6.07) is 0. The average Bonchev–Trinajstić information content (AvgIpc) is 2.60. The Morgan fingerprint density at radius 3 is 2.56 bits per heavy atom. The van der Waals surface area contributed by atoms with E-state index in [1.165, 1.54) is 19.3 Å². The minimum atomic E-state index is 0.288. The molecule has 2 N–H and O–H groups in total. The highest BCUT2D eigenvalue weighted by atomic mass is 16.5. The Labute approximate surface area is 110 Å². The third-order valence-corrected chi connectivity index (χ3v) is 3.90. The molecule has 102 valence electrons. The van der Waals surface area contributed by atoms with Gasteiger partial charge in [-0.05, 0) is 31.1 Å². The molecule has 0 saturated heterocycles. The molecular weight excluding hydrogens is 226 g/mol. The minimum absolute atomic E-state index is 0.288. The fourth-order valence-electron chi connectivity index (χ4n) is 2.71. The molecule has 1 heterocycles. The molecule has 1 aliphatic carbocycles. The third kappa shape index (κ3) is 2.47. The van der Waals surface area contributed by atoms with Gasteiger partial charge in [0, 0.05) is 7.05 Å². The van der Waals surface area contributed by atoms with Crippen LogP contribution in [0.2, 0.25) is 0 Å². The van der Waals surface area contributed by atoms with Crippen LogP contribution in [0, 0.1) is 5.92 Å². The van der Waals surface area contributed by atoms with Gasteiger partial charge in [-0.3, -0.25) is 0 Å². The molecule has 2 atom stereocenters. The summed E-state index contributed by atoms with van der Waals surface area (Å²) in [5, 5.41) is 4.47. The van der Waals surface area contributed by atoms with Crippen LogP contribution in [0.4, 0.5) is 5.69 Å². The zero-order chi connectivity index (χ0) is 13.3. The number of nitrogens with two attached hydrogens (primary N) is 1. The van der Waals surface area contributed by atoms with E-state index in [0.717, 1.165) is 18.0 Å². The van der Waals surface area contributed by atoms with Gasteiger partial charge in [0.1, 0.15) is 11.8 Å². The first-order valence-electron chi connectivity index (χ1n) is 6.99. The first-order chi connectivity index (χ1) is 8.50.